The van der Waals surface area contributed by atoms with E-state index in [0.29, 0.717) is 0 Å². The average molecular weight is 235 g/mol. The van der Waals surface area contributed by atoms with Crippen LogP contribution in [0.2, 0.25) is 0 Å². The first-order valence-corrected chi connectivity index (χ1v) is 6.50. The van der Waals surface area contributed by atoms with Gasteiger partial charge in [-0.15, -0.1) is 0 Å². The zero-order chi connectivity index (χ0) is 12.7. The van der Waals surface area contributed by atoms with Gasteiger partial charge in [0.2, 0.25) is 0 Å². The number of unbranched alkanes of at least 4 members (excludes halogenated alkanes) is 1. The van der Waals surface area contributed by atoms with Crippen LogP contribution in [0.4, 0.5) is 0 Å². The molecule has 0 amide bonds. The molecule has 0 heterocycles. The van der Waals surface area contributed by atoms with Gasteiger partial charge in [-0.05, 0) is 57.8 Å². The highest BCUT2D eigenvalue weighted by Crippen LogP contribution is 2.10. The lowest BCUT2D eigenvalue weighted by Crippen LogP contribution is -2.19. The molecule has 0 spiro atoms. The molecule has 0 saturated carbocycles. The third-order valence-electron chi connectivity index (χ3n) is 3.11. The van der Waals surface area contributed by atoms with Crippen molar-refractivity contribution in [3.63, 3.8) is 0 Å². The van der Waals surface area contributed by atoms with Gasteiger partial charge in [-0.1, -0.05) is 24.3 Å². The number of hydrogen-bond donors (Lipinski definition) is 1. The maximum atomic E-state index is 9.18. The normalized spacial score (nSPS) is 13.0. The van der Waals surface area contributed by atoms with Crippen LogP contribution < -0.4 is 0 Å². The van der Waals surface area contributed by atoms with Crippen molar-refractivity contribution in [1.29, 1.82) is 0 Å². The van der Waals surface area contributed by atoms with Crippen molar-refractivity contribution < 1.29 is 5.11 Å². The number of aryl methyl sites for hydroxylation is 1. The SMILES string of the molecule is Cc1ccccc1CN(C)CCCCC(C)O. The third kappa shape index (κ3) is 5.85. The van der Waals surface area contributed by atoms with Gasteiger partial charge in [0.05, 0.1) is 6.10 Å². The summed E-state index contributed by atoms with van der Waals surface area (Å²) in [6, 6.07) is 8.54. The molecule has 2 heteroatoms. The Balaban J connectivity index is 2.25. The highest BCUT2D eigenvalue weighted by Gasteiger charge is 2.03. The van der Waals surface area contributed by atoms with Crippen LogP contribution in [-0.4, -0.2) is 29.7 Å². The van der Waals surface area contributed by atoms with E-state index in [0.717, 1.165) is 32.4 Å². The molecule has 0 fully saturated rings. The smallest absolute Gasteiger partial charge is 0.0512 e. The van der Waals surface area contributed by atoms with E-state index in [1.807, 2.05) is 6.92 Å². The first kappa shape index (κ1) is 14.2. The van der Waals surface area contributed by atoms with Crippen molar-refractivity contribution in [2.75, 3.05) is 13.6 Å². The number of aliphatic hydroxyl groups excluding tert-OH is 1. The van der Waals surface area contributed by atoms with Crippen LogP contribution in [0.1, 0.15) is 37.3 Å². The Bertz CT molecular complexity index is 322. The summed E-state index contributed by atoms with van der Waals surface area (Å²) in [6.07, 6.45) is 3.03. The quantitative estimate of drug-likeness (QED) is 0.734. The molecular weight excluding hydrogens is 210 g/mol. The Morgan fingerprint density at radius 1 is 1.24 bits per heavy atom. The van der Waals surface area contributed by atoms with Crippen LogP contribution in [0.25, 0.3) is 0 Å². The van der Waals surface area contributed by atoms with Crippen molar-refractivity contribution in [2.45, 2.75) is 45.8 Å². The predicted octanol–water partition coefficient (Wildman–Crippen LogP) is 2.98. The Morgan fingerprint density at radius 3 is 2.59 bits per heavy atom. The largest absolute Gasteiger partial charge is 0.393 e. The van der Waals surface area contributed by atoms with E-state index in [1.54, 1.807) is 0 Å². The molecule has 1 atom stereocenters. The summed E-state index contributed by atoms with van der Waals surface area (Å²) in [6.45, 7) is 6.13. The molecule has 17 heavy (non-hydrogen) atoms. The number of benzene rings is 1. The molecule has 0 bridgehead atoms. The summed E-state index contributed by atoms with van der Waals surface area (Å²) in [5.74, 6) is 0. The second kappa shape index (κ2) is 7.46. The highest BCUT2D eigenvalue weighted by molar-refractivity contribution is 5.25. The zero-order valence-corrected chi connectivity index (χ0v) is 11.3. The minimum atomic E-state index is -0.156. The van der Waals surface area contributed by atoms with E-state index in [9.17, 15) is 5.11 Å². The second-order valence-corrected chi connectivity index (χ2v) is 5.01. The van der Waals surface area contributed by atoms with Gasteiger partial charge in [0.1, 0.15) is 0 Å². The molecule has 0 radical (unpaired) electrons. The molecule has 1 N–H and O–H groups in total. The van der Waals surface area contributed by atoms with Gasteiger partial charge < -0.3 is 10.0 Å². The molecule has 1 rings (SSSR count). The van der Waals surface area contributed by atoms with Gasteiger partial charge in [0, 0.05) is 6.54 Å². The van der Waals surface area contributed by atoms with Crippen molar-refractivity contribution in [1.82, 2.24) is 4.90 Å². The second-order valence-electron chi connectivity index (χ2n) is 5.01. The topological polar surface area (TPSA) is 23.5 Å². The van der Waals surface area contributed by atoms with Crippen LogP contribution in [0.15, 0.2) is 24.3 Å². The lowest BCUT2D eigenvalue weighted by atomic mass is 10.1. The van der Waals surface area contributed by atoms with Crippen molar-refractivity contribution in [3.05, 3.63) is 35.4 Å². The average Bonchev–Trinajstić information content (AvgIpc) is 2.27. The molecule has 96 valence electrons. The minimum absolute atomic E-state index is 0.156. The maximum Gasteiger partial charge on any atom is 0.0512 e. The number of aliphatic hydroxyl groups is 1. The molecule has 0 saturated heterocycles. The van der Waals surface area contributed by atoms with E-state index in [-0.39, 0.29) is 6.10 Å². The lowest BCUT2D eigenvalue weighted by molar-refractivity contribution is 0.178. The zero-order valence-electron chi connectivity index (χ0n) is 11.3. The van der Waals surface area contributed by atoms with Crippen molar-refractivity contribution in [3.8, 4) is 0 Å². The standard InChI is InChI=1S/C15H25NO/c1-13-8-4-5-10-15(13)12-16(3)11-7-6-9-14(2)17/h4-5,8,10,14,17H,6-7,9,11-12H2,1-3H3. The molecule has 0 aliphatic heterocycles. The number of rotatable bonds is 7. The van der Waals surface area contributed by atoms with Crippen LogP contribution in [0, 0.1) is 6.92 Å². The van der Waals surface area contributed by atoms with E-state index in [1.165, 1.54) is 11.1 Å². The Kier molecular flexibility index (Phi) is 6.23. The molecule has 0 aliphatic carbocycles. The van der Waals surface area contributed by atoms with E-state index >= 15 is 0 Å². The van der Waals surface area contributed by atoms with Gasteiger partial charge in [0.15, 0.2) is 0 Å². The van der Waals surface area contributed by atoms with Crippen LogP contribution in [-0.2, 0) is 6.54 Å². The number of nitrogens with zero attached hydrogens (tertiary/aromatic N) is 1. The summed E-state index contributed by atoms with van der Waals surface area (Å²) in [4.78, 5) is 2.35. The van der Waals surface area contributed by atoms with Gasteiger partial charge in [-0.2, -0.15) is 0 Å². The molecule has 1 aromatic carbocycles. The van der Waals surface area contributed by atoms with E-state index < -0.39 is 0 Å². The third-order valence-corrected chi connectivity index (χ3v) is 3.11. The monoisotopic (exact) mass is 235 g/mol. The van der Waals surface area contributed by atoms with Gasteiger partial charge in [0.25, 0.3) is 0 Å². The van der Waals surface area contributed by atoms with E-state index in [2.05, 4.69) is 43.1 Å². The molecule has 0 aliphatic rings. The first-order chi connectivity index (χ1) is 8.09. The van der Waals surface area contributed by atoms with Gasteiger partial charge in [-0.3, -0.25) is 0 Å². The number of hydrogen-bond acceptors (Lipinski definition) is 2. The summed E-state index contributed by atoms with van der Waals surface area (Å²) in [5.41, 5.74) is 2.77. The van der Waals surface area contributed by atoms with Crippen LogP contribution >= 0.6 is 0 Å². The Hall–Kier alpha value is -0.860. The summed E-state index contributed by atoms with van der Waals surface area (Å²) in [5, 5.41) is 9.18. The maximum absolute atomic E-state index is 9.18. The Labute approximate surface area is 105 Å². The van der Waals surface area contributed by atoms with E-state index in [4.69, 9.17) is 0 Å². The highest BCUT2D eigenvalue weighted by atomic mass is 16.3. The fourth-order valence-electron chi connectivity index (χ4n) is 1.98. The summed E-state index contributed by atoms with van der Waals surface area (Å²) >= 11 is 0. The predicted molar refractivity (Wildman–Crippen MR) is 73.0 cm³/mol. The van der Waals surface area contributed by atoms with Gasteiger partial charge in [-0.25, -0.2) is 0 Å². The lowest BCUT2D eigenvalue weighted by Gasteiger charge is -2.18. The van der Waals surface area contributed by atoms with Crippen LogP contribution in [0.5, 0.6) is 0 Å². The van der Waals surface area contributed by atoms with Gasteiger partial charge >= 0.3 is 0 Å². The molecule has 0 aromatic heterocycles. The Morgan fingerprint density at radius 2 is 1.94 bits per heavy atom. The summed E-state index contributed by atoms with van der Waals surface area (Å²) in [7, 11) is 2.16. The molecule has 2 nitrogen and oxygen atoms in total. The fraction of sp³-hybridized carbons (Fsp3) is 0.600. The fourth-order valence-corrected chi connectivity index (χ4v) is 1.98. The summed E-state index contributed by atoms with van der Waals surface area (Å²) < 4.78 is 0. The minimum Gasteiger partial charge on any atom is -0.393 e. The van der Waals surface area contributed by atoms with Crippen molar-refractivity contribution >= 4 is 0 Å². The van der Waals surface area contributed by atoms with Crippen molar-refractivity contribution in [2.24, 2.45) is 0 Å². The molecule has 1 unspecified atom stereocenters. The molecular formula is C15H25NO. The molecule has 1 aromatic rings. The van der Waals surface area contributed by atoms with Crippen LogP contribution in [0.3, 0.4) is 0 Å². The first-order valence-electron chi connectivity index (χ1n) is 6.50.